The van der Waals surface area contributed by atoms with E-state index in [9.17, 15) is 37.5 Å². The summed E-state index contributed by atoms with van der Waals surface area (Å²) >= 11 is 19.4. The van der Waals surface area contributed by atoms with Gasteiger partial charge in [-0.25, -0.2) is 4.98 Å². The molecule has 7 rings (SSSR count). The number of phenolic OH excluding ortho intramolecular Hbond substituents is 1. The van der Waals surface area contributed by atoms with Crippen molar-refractivity contribution in [1.82, 2.24) is 14.9 Å². The van der Waals surface area contributed by atoms with Gasteiger partial charge in [0.15, 0.2) is 5.82 Å². The third-order valence-electron chi connectivity index (χ3n) is 11.2. The van der Waals surface area contributed by atoms with Gasteiger partial charge in [0.05, 0.1) is 33.8 Å². The Labute approximate surface area is 327 Å². The van der Waals surface area contributed by atoms with Gasteiger partial charge in [0.1, 0.15) is 5.75 Å². The molecule has 2 aliphatic heterocycles. The maximum absolute atomic E-state index is 15.2. The van der Waals surface area contributed by atoms with E-state index in [1.54, 1.807) is 24.3 Å². The average molecular weight is 820 g/mol. The van der Waals surface area contributed by atoms with Gasteiger partial charge in [-0.05, 0) is 73.1 Å². The molecule has 4 amide bonds. The van der Waals surface area contributed by atoms with Crippen molar-refractivity contribution in [3.05, 3.63) is 98.1 Å². The number of imide groups is 2. The lowest BCUT2D eigenvalue weighted by molar-refractivity contribution is -0.141. The van der Waals surface area contributed by atoms with Crippen molar-refractivity contribution < 1.29 is 47.4 Å². The summed E-state index contributed by atoms with van der Waals surface area (Å²) in [6.07, 6.45) is -1.16. The van der Waals surface area contributed by atoms with Crippen LogP contribution in [0.4, 0.5) is 19.0 Å². The molecule has 1 saturated carbocycles. The number of rotatable bonds is 10. The molecular formula is C38H32Cl3F3N4O7. The van der Waals surface area contributed by atoms with E-state index in [2.05, 4.69) is 10.4 Å². The molecule has 6 atom stereocenters. The number of carboxylic acid groups (broad SMARTS) is 1. The number of amides is 4. The van der Waals surface area contributed by atoms with Crippen LogP contribution in [0.1, 0.15) is 61.1 Å². The van der Waals surface area contributed by atoms with E-state index in [-0.39, 0.29) is 42.5 Å². The van der Waals surface area contributed by atoms with Gasteiger partial charge in [-0.2, -0.15) is 18.2 Å². The Hall–Kier alpha value is -4.66. The number of benzene rings is 2. The normalized spacial score (nSPS) is 26.1. The summed E-state index contributed by atoms with van der Waals surface area (Å²) < 4.78 is 40.3. The Bertz CT molecular complexity index is 2150. The standard InChI is InChI=1S/C38H32Cl3F3N4O7/c39-20-7-5-18(6-8-20)37-26(34(53)48(36(37)55)46-32-28(41)14-19(17-45-32)38(42,43)44)16-25-22(31(37)23-10-9-21(49)15-27(23)40)11-12-24-30(25)35(54)47(33(24)52)13-3-1-2-4-29(50)51/h5-11,14-15,17,24-26,30-31,49H,1-4,12-13,16H2,(H,45,46)(H,50,51). The lowest BCUT2D eigenvalue weighted by atomic mass is 9.49. The molecule has 2 aromatic carbocycles. The molecule has 3 heterocycles. The van der Waals surface area contributed by atoms with Gasteiger partial charge in [-0.3, -0.25) is 34.3 Å². The van der Waals surface area contributed by atoms with Crippen LogP contribution in [0.3, 0.4) is 0 Å². The predicted molar refractivity (Wildman–Crippen MR) is 193 cm³/mol. The lowest BCUT2D eigenvalue weighted by Gasteiger charge is -2.50. The quantitative estimate of drug-likeness (QED) is 0.108. The molecule has 3 fully saturated rings. The first-order chi connectivity index (χ1) is 26.0. The molecule has 2 saturated heterocycles. The maximum atomic E-state index is 15.2. The number of fused-ring (bicyclic) bond motifs is 4. The molecule has 3 N–H and O–H groups in total. The topological polar surface area (TPSA) is 157 Å². The van der Waals surface area contributed by atoms with Gasteiger partial charge in [0, 0.05) is 35.1 Å². The second-order valence-electron chi connectivity index (χ2n) is 14.2. The molecule has 55 heavy (non-hydrogen) atoms. The smallest absolute Gasteiger partial charge is 0.417 e. The Morgan fingerprint density at radius 2 is 1.65 bits per heavy atom. The van der Waals surface area contributed by atoms with Crippen molar-refractivity contribution in [3.8, 4) is 5.75 Å². The van der Waals surface area contributed by atoms with Crippen LogP contribution >= 0.6 is 34.8 Å². The highest BCUT2D eigenvalue weighted by Crippen LogP contribution is 2.65. The first-order valence-electron chi connectivity index (χ1n) is 17.4. The number of carboxylic acids is 1. The van der Waals surface area contributed by atoms with Gasteiger partial charge in [0.2, 0.25) is 11.8 Å². The molecule has 3 aromatic rings. The maximum Gasteiger partial charge on any atom is 0.417 e. The van der Waals surface area contributed by atoms with Gasteiger partial charge in [-0.1, -0.05) is 71.1 Å². The second-order valence-corrected chi connectivity index (χ2v) is 15.4. The number of aromatic hydroxyl groups is 1. The number of phenols is 1. The molecule has 288 valence electrons. The SMILES string of the molecule is O=C(O)CCCCCN1C(=O)C2CC=C3C(CC4C(=O)N(Nc5ncc(C(F)(F)F)cc5Cl)C(=O)C4(c4ccc(Cl)cc4)C3c3ccc(O)cc3Cl)C2C1=O. The second kappa shape index (κ2) is 14.4. The largest absolute Gasteiger partial charge is 0.508 e. The average Bonchev–Trinajstić information content (AvgIpc) is 3.49. The summed E-state index contributed by atoms with van der Waals surface area (Å²) in [6, 6.07) is 11.1. The molecule has 0 spiro atoms. The first kappa shape index (κ1) is 38.6. The fourth-order valence-electron chi connectivity index (χ4n) is 8.89. The highest BCUT2D eigenvalue weighted by atomic mass is 35.5. The van der Waals surface area contributed by atoms with Crippen LogP contribution in [-0.4, -0.2) is 61.2 Å². The minimum atomic E-state index is -4.77. The lowest BCUT2D eigenvalue weighted by Crippen LogP contribution is -2.53. The fourth-order valence-corrected chi connectivity index (χ4v) is 9.50. The molecule has 4 aliphatic rings. The number of halogens is 6. The summed E-state index contributed by atoms with van der Waals surface area (Å²) in [4.78, 5) is 73.9. The minimum absolute atomic E-state index is 0.0414. The van der Waals surface area contributed by atoms with Crippen LogP contribution < -0.4 is 5.43 Å². The van der Waals surface area contributed by atoms with Gasteiger partial charge >= 0.3 is 12.1 Å². The van der Waals surface area contributed by atoms with E-state index in [0.29, 0.717) is 58.3 Å². The number of carbonyl (C=O) groups excluding carboxylic acids is 4. The Morgan fingerprint density at radius 3 is 2.31 bits per heavy atom. The summed E-state index contributed by atoms with van der Waals surface area (Å²) in [5.74, 6) is -8.61. The monoisotopic (exact) mass is 818 g/mol. The van der Waals surface area contributed by atoms with Crippen molar-refractivity contribution in [1.29, 1.82) is 0 Å². The van der Waals surface area contributed by atoms with Crippen molar-refractivity contribution in [2.45, 2.75) is 56.0 Å². The van der Waals surface area contributed by atoms with E-state index in [4.69, 9.17) is 39.9 Å². The number of aliphatic carboxylic acids is 1. The number of allylic oxidation sites excluding steroid dienone is 2. The molecule has 11 nitrogen and oxygen atoms in total. The Morgan fingerprint density at radius 1 is 0.927 bits per heavy atom. The Balaban J connectivity index is 1.35. The summed E-state index contributed by atoms with van der Waals surface area (Å²) in [5.41, 5.74) is 0.909. The molecule has 0 bridgehead atoms. The predicted octanol–water partition coefficient (Wildman–Crippen LogP) is 7.40. The summed E-state index contributed by atoms with van der Waals surface area (Å²) in [6.45, 7) is 0.0910. The fraction of sp³-hybridized carbons (Fsp3) is 0.368. The van der Waals surface area contributed by atoms with Crippen LogP contribution in [0.2, 0.25) is 15.1 Å². The van der Waals surface area contributed by atoms with E-state index in [1.807, 2.05) is 6.08 Å². The van der Waals surface area contributed by atoms with Gasteiger partial charge in [-0.15, -0.1) is 0 Å². The highest BCUT2D eigenvalue weighted by Gasteiger charge is 2.70. The summed E-state index contributed by atoms with van der Waals surface area (Å²) in [7, 11) is 0. The molecule has 1 aromatic heterocycles. The number of hydrazine groups is 1. The molecule has 2 aliphatic carbocycles. The molecular weight excluding hydrogens is 788 g/mol. The van der Waals surface area contributed by atoms with E-state index >= 15 is 4.79 Å². The van der Waals surface area contributed by atoms with Crippen LogP contribution in [-0.2, 0) is 35.6 Å². The van der Waals surface area contributed by atoms with Gasteiger partial charge in [0.25, 0.3) is 11.8 Å². The molecule has 6 unspecified atom stereocenters. The number of alkyl halides is 3. The Kier molecular flexibility index (Phi) is 10.1. The van der Waals surface area contributed by atoms with E-state index in [0.717, 1.165) is 0 Å². The number of nitrogens with one attached hydrogen (secondary N) is 1. The van der Waals surface area contributed by atoms with Crippen molar-refractivity contribution >= 4 is 70.2 Å². The van der Waals surface area contributed by atoms with Crippen molar-refractivity contribution in [2.24, 2.45) is 23.7 Å². The third-order valence-corrected chi connectivity index (χ3v) is 12.1. The minimum Gasteiger partial charge on any atom is -0.508 e. The molecule has 0 radical (unpaired) electrons. The number of aromatic nitrogens is 1. The van der Waals surface area contributed by atoms with E-state index in [1.165, 1.54) is 23.1 Å². The van der Waals surface area contributed by atoms with E-state index < -0.39 is 81.3 Å². The number of anilines is 1. The zero-order chi connectivity index (χ0) is 39.6. The van der Waals surface area contributed by atoms with Crippen LogP contribution in [0.15, 0.2) is 66.4 Å². The van der Waals surface area contributed by atoms with Crippen molar-refractivity contribution in [2.75, 3.05) is 12.0 Å². The van der Waals surface area contributed by atoms with Gasteiger partial charge < -0.3 is 10.2 Å². The number of carbonyl (C=O) groups is 5. The number of nitrogens with zero attached hydrogens (tertiary/aromatic N) is 3. The number of hydrogen-bond acceptors (Lipinski definition) is 8. The third kappa shape index (κ3) is 6.51. The first-order valence-corrected chi connectivity index (χ1v) is 18.6. The zero-order valence-electron chi connectivity index (χ0n) is 28.7. The van der Waals surface area contributed by atoms with Crippen LogP contribution in [0, 0.1) is 23.7 Å². The summed E-state index contributed by atoms with van der Waals surface area (Å²) in [5, 5.41) is 19.9. The number of unbranched alkanes of at least 4 members (excludes halogenated alkanes) is 2. The number of likely N-dealkylation sites (tertiary alicyclic amines) is 1. The van der Waals surface area contributed by atoms with Crippen LogP contribution in [0.25, 0.3) is 0 Å². The highest BCUT2D eigenvalue weighted by molar-refractivity contribution is 6.33. The van der Waals surface area contributed by atoms with Crippen molar-refractivity contribution in [3.63, 3.8) is 0 Å². The van der Waals surface area contributed by atoms with Crippen LogP contribution in [0.5, 0.6) is 5.75 Å². The number of hydrogen-bond donors (Lipinski definition) is 3. The molecule has 17 heteroatoms. The number of pyridine rings is 1. The zero-order valence-corrected chi connectivity index (χ0v) is 30.9.